The minimum absolute atomic E-state index is 0.111. The monoisotopic (exact) mass is 242 g/mol. The van der Waals surface area contributed by atoms with Crippen LogP contribution in [0.4, 0.5) is 0 Å². The van der Waals surface area contributed by atoms with Crippen molar-refractivity contribution in [3.05, 3.63) is 16.1 Å². The molecule has 1 fully saturated rings. The molecule has 0 saturated heterocycles. The van der Waals surface area contributed by atoms with Crippen LogP contribution < -0.4 is 5.32 Å². The first-order chi connectivity index (χ1) is 7.66. The summed E-state index contributed by atoms with van der Waals surface area (Å²) in [4.78, 5) is 14.5. The summed E-state index contributed by atoms with van der Waals surface area (Å²) in [6.07, 6.45) is 1.95. The number of nitrogens with one attached hydrogen (secondary N) is 1. The average molecular weight is 242 g/mol. The van der Waals surface area contributed by atoms with Crippen molar-refractivity contribution in [2.24, 2.45) is 5.92 Å². The third kappa shape index (κ3) is 3.01. The molecule has 1 aromatic rings. The van der Waals surface area contributed by atoms with Crippen LogP contribution in [0.5, 0.6) is 0 Å². The minimum Gasteiger partial charge on any atom is -0.476 e. The van der Waals surface area contributed by atoms with Crippen LogP contribution in [0.1, 0.15) is 28.3 Å². The van der Waals surface area contributed by atoms with Crippen LogP contribution in [-0.4, -0.2) is 33.8 Å². The van der Waals surface area contributed by atoms with E-state index in [2.05, 4.69) is 10.3 Å². The van der Waals surface area contributed by atoms with Crippen molar-refractivity contribution >= 4 is 17.3 Å². The second kappa shape index (κ2) is 4.90. The molecule has 1 aliphatic carbocycles. The van der Waals surface area contributed by atoms with Gasteiger partial charge in [0.05, 0.1) is 11.8 Å². The molecule has 3 N–H and O–H groups in total. The van der Waals surface area contributed by atoms with Gasteiger partial charge in [0.2, 0.25) is 5.01 Å². The van der Waals surface area contributed by atoms with Crippen LogP contribution in [0.3, 0.4) is 0 Å². The summed E-state index contributed by atoms with van der Waals surface area (Å²) in [5, 5.41) is 23.2. The van der Waals surface area contributed by atoms with Gasteiger partial charge in [0.1, 0.15) is 0 Å². The molecule has 0 radical (unpaired) electrons. The molecule has 0 aromatic carbocycles. The Morgan fingerprint density at radius 3 is 3.00 bits per heavy atom. The highest BCUT2D eigenvalue weighted by atomic mass is 32.1. The van der Waals surface area contributed by atoms with Crippen LogP contribution in [0.25, 0.3) is 0 Å². The van der Waals surface area contributed by atoms with Gasteiger partial charge in [0, 0.05) is 18.5 Å². The number of carboxylic acids is 1. The fourth-order valence-corrected chi connectivity index (χ4v) is 2.14. The van der Waals surface area contributed by atoms with E-state index in [4.69, 9.17) is 5.11 Å². The van der Waals surface area contributed by atoms with Crippen LogP contribution >= 0.6 is 11.3 Å². The number of aromatic carboxylic acids is 1. The van der Waals surface area contributed by atoms with Gasteiger partial charge in [0.25, 0.3) is 0 Å². The van der Waals surface area contributed by atoms with Crippen LogP contribution in [0.15, 0.2) is 5.38 Å². The maximum Gasteiger partial charge on any atom is 0.365 e. The summed E-state index contributed by atoms with van der Waals surface area (Å²) in [5.74, 6) is -0.535. The van der Waals surface area contributed by atoms with Crippen molar-refractivity contribution in [2.45, 2.75) is 25.5 Å². The standard InChI is InChI=1S/C10H14N2O3S/c13-8(6-1-2-6)4-11-3-7-5-16-9(12-7)10(14)15/h5-6,8,11,13H,1-4H2,(H,14,15). The number of hydrogen-bond donors (Lipinski definition) is 3. The van der Waals surface area contributed by atoms with E-state index >= 15 is 0 Å². The number of aliphatic hydroxyl groups excluding tert-OH is 1. The van der Waals surface area contributed by atoms with Gasteiger partial charge in [-0.15, -0.1) is 11.3 Å². The van der Waals surface area contributed by atoms with Gasteiger partial charge < -0.3 is 15.5 Å². The first-order valence-corrected chi connectivity index (χ1v) is 6.11. The van der Waals surface area contributed by atoms with Gasteiger partial charge in [-0.1, -0.05) is 0 Å². The zero-order valence-electron chi connectivity index (χ0n) is 8.72. The third-order valence-corrected chi connectivity index (χ3v) is 3.44. The molecule has 0 aliphatic heterocycles. The molecule has 0 bridgehead atoms. The highest BCUT2D eigenvalue weighted by molar-refractivity contribution is 7.11. The Morgan fingerprint density at radius 2 is 2.44 bits per heavy atom. The van der Waals surface area contributed by atoms with Gasteiger partial charge in [-0.25, -0.2) is 9.78 Å². The quantitative estimate of drug-likeness (QED) is 0.684. The number of carboxylic acid groups (broad SMARTS) is 1. The molecule has 16 heavy (non-hydrogen) atoms. The number of thiazole rings is 1. The Hall–Kier alpha value is -0.980. The molecule has 5 nitrogen and oxygen atoms in total. The summed E-state index contributed by atoms with van der Waals surface area (Å²) in [7, 11) is 0. The van der Waals surface area contributed by atoms with E-state index in [1.165, 1.54) is 0 Å². The summed E-state index contributed by atoms with van der Waals surface area (Å²) >= 11 is 1.12. The molecule has 1 atom stereocenters. The van der Waals surface area contributed by atoms with Crippen molar-refractivity contribution in [1.82, 2.24) is 10.3 Å². The van der Waals surface area contributed by atoms with E-state index in [1.807, 2.05) is 0 Å². The number of aromatic nitrogens is 1. The maximum atomic E-state index is 10.6. The predicted molar refractivity (Wildman–Crippen MR) is 59.5 cm³/mol. The molecule has 0 amide bonds. The van der Waals surface area contributed by atoms with Crippen LogP contribution in [0, 0.1) is 5.92 Å². The summed E-state index contributed by atoms with van der Waals surface area (Å²) in [6, 6.07) is 0. The lowest BCUT2D eigenvalue weighted by Crippen LogP contribution is -2.27. The molecular formula is C10H14N2O3S. The SMILES string of the molecule is O=C(O)c1nc(CNCC(O)C2CC2)cs1. The lowest BCUT2D eigenvalue weighted by atomic mass is 10.2. The van der Waals surface area contributed by atoms with Gasteiger partial charge >= 0.3 is 5.97 Å². The normalized spacial score (nSPS) is 17.3. The molecule has 1 heterocycles. The maximum absolute atomic E-state index is 10.6. The van der Waals surface area contributed by atoms with Crippen molar-refractivity contribution in [3.8, 4) is 0 Å². The number of hydrogen-bond acceptors (Lipinski definition) is 5. The Morgan fingerprint density at radius 1 is 1.69 bits per heavy atom. The van der Waals surface area contributed by atoms with Gasteiger partial charge in [0.15, 0.2) is 0 Å². The second-order valence-corrected chi connectivity index (χ2v) is 4.84. The van der Waals surface area contributed by atoms with Crippen molar-refractivity contribution in [2.75, 3.05) is 6.54 Å². The van der Waals surface area contributed by atoms with E-state index < -0.39 is 5.97 Å². The molecule has 1 aromatic heterocycles. The Kier molecular flexibility index (Phi) is 3.52. The molecule has 1 aliphatic rings. The summed E-state index contributed by atoms with van der Waals surface area (Å²) in [6.45, 7) is 1.05. The smallest absolute Gasteiger partial charge is 0.365 e. The van der Waals surface area contributed by atoms with Crippen LogP contribution in [-0.2, 0) is 6.54 Å². The van der Waals surface area contributed by atoms with Crippen molar-refractivity contribution < 1.29 is 15.0 Å². The van der Waals surface area contributed by atoms with E-state index in [0.717, 1.165) is 24.2 Å². The van der Waals surface area contributed by atoms with Crippen molar-refractivity contribution in [3.63, 3.8) is 0 Å². The topological polar surface area (TPSA) is 82.5 Å². The second-order valence-electron chi connectivity index (χ2n) is 3.98. The summed E-state index contributed by atoms with van der Waals surface area (Å²) in [5.41, 5.74) is 0.713. The number of nitrogens with zero attached hydrogens (tertiary/aromatic N) is 1. The lowest BCUT2D eigenvalue weighted by Gasteiger charge is -2.09. The predicted octanol–water partition coefficient (Wildman–Crippen LogP) is 0.702. The van der Waals surface area contributed by atoms with Gasteiger partial charge in [-0.05, 0) is 18.8 Å². The minimum atomic E-state index is -0.991. The third-order valence-electron chi connectivity index (χ3n) is 2.56. The zero-order valence-corrected chi connectivity index (χ0v) is 9.54. The van der Waals surface area contributed by atoms with Gasteiger partial charge in [-0.2, -0.15) is 0 Å². The Balaban J connectivity index is 1.73. The molecule has 1 saturated carbocycles. The van der Waals surface area contributed by atoms with Crippen LogP contribution in [0.2, 0.25) is 0 Å². The number of aliphatic hydroxyl groups is 1. The zero-order chi connectivity index (χ0) is 11.5. The van der Waals surface area contributed by atoms with E-state index in [1.54, 1.807) is 5.38 Å². The van der Waals surface area contributed by atoms with Crippen molar-refractivity contribution in [1.29, 1.82) is 0 Å². The van der Waals surface area contributed by atoms with E-state index in [-0.39, 0.29) is 11.1 Å². The highest BCUT2D eigenvalue weighted by Gasteiger charge is 2.29. The van der Waals surface area contributed by atoms with E-state index in [0.29, 0.717) is 24.7 Å². The summed E-state index contributed by atoms with van der Waals surface area (Å²) < 4.78 is 0. The molecular weight excluding hydrogens is 228 g/mol. The number of rotatable bonds is 6. The fourth-order valence-electron chi connectivity index (χ4n) is 1.48. The van der Waals surface area contributed by atoms with E-state index in [9.17, 15) is 9.90 Å². The molecule has 88 valence electrons. The largest absolute Gasteiger partial charge is 0.476 e. The first kappa shape index (κ1) is 11.5. The Bertz CT molecular complexity index is 376. The average Bonchev–Trinajstić information content (AvgIpc) is 2.98. The Labute approximate surface area is 97.1 Å². The molecule has 1 unspecified atom stereocenters. The highest BCUT2D eigenvalue weighted by Crippen LogP contribution is 2.32. The molecule has 2 rings (SSSR count). The molecule has 0 spiro atoms. The lowest BCUT2D eigenvalue weighted by molar-refractivity contribution is 0.0696. The van der Waals surface area contributed by atoms with Gasteiger partial charge in [-0.3, -0.25) is 0 Å². The fraction of sp³-hybridized carbons (Fsp3) is 0.600. The molecule has 6 heteroatoms. The number of carbonyl (C=O) groups is 1. The first-order valence-electron chi connectivity index (χ1n) is 5.23.